The number of hydrogen-bond donors (Lipinski definition) is 1. The van der Waals surface area contributed by atoms with Crippen molar-refractivity contribution in [1.82, 2.24) is 14.8 Å². The van der Waals surface area contributed by atoms with Gasteiger partial charge in [0.15, 0.2) is 5.82 Å². The molecule has 0 saturated heterocycles. The van der Waals surface area contributed by atoms with E-state index in [0.717, 1.165) is 16.8 Å². The van der Waals surface area contributed by atoms with Crippen molar-refractivity contribution in [2.24, 2.45) is 0 Å². The number of amides is 1. The monoisotopic (exact) mass is 418 g/mol. The Balaban J connectivity index is 1.75. The van der Waals surface area contributed by atoms with Crippen molar-refractivity contribution >= 4 is 23.2 Å². The van der Waals surface area contributed by atoms with Gasteiger partial charge in [0.1, 0.15) is 5.75 Å². The number of aromatic nitrogens is 3. The summed E-state index contributed by atoms with van der Waals surface area (Å²) in [5.41, 5.74) is 3.07. The Labute approximate surface area is 179 Å². The summed E-state index contributed by atoms with van der Waals surface area (Å²) in [5, 5.41) is 7.94. The van der Waals surface area contributed by atoms with Crippen molar-refractivity contribution in [1.29, 1.82) is 0 Å². The average molecular weight is 419 g/mol. The molecule has 1 heterocycles. The normalized spacial score (nSPS) is 10.6. The number of ether oxygens (including phenoxy) is 1. The summed E-state index contributed by atoms with van der Waals surface area (Å²) in [6, 6.07) is 22.2. The van der Waals surface area contributed by atoms with Gasteiger partial charge in [-0.3, -0.25) is 4.79 Å². The fourth-order valence-electron chi connectivity index (χ4n) is 3.04. The molecule has 6 nitrogen and oxygen atoms in total. The lowest BCUT2D eigenvalue weighted by Gasteiger charge is -2.10. The summed E-state index contributed by atoms with van der Waals surface area (Å²) < 4.78 is 6.80. The number of benzene rings is 3. The van der Waals surface area contributed by atoms with E-state index in [-0.39, 0.29) is 5.82 Å². The second kappa shape index (κ2) is 8.39. The minimum atomic E-state index is -0.407. The van der Waals surface area contributed by atoms with E-state index in [9.17, 15) is 4.79 Å². The molecule has 150 valence electrons. The third kappa shape index (κ3) is 3.90. The van der Waals surface area contributed by atoms with Crippen LogP contribution in [0.4, 0.5) is 5.69 Å². The van der Waals surface area contributed by atoms with E-state index in [0.29, 0.717) is 22.3 Å². The van der Waals surface area contributed by atoms with E-state index < -0.39 is 5.91 Å². The number of methoxy groups -OCH3 is 1. The Morgan fingerprint density at radius 1 is 1.00 bits per heavy atom. The van der Waals surface area contributed by atoms with E-state index >= 15 is 0 Å². The highest BCUT2D eigenvalue weighted by Crippen LogP contribution is 2.27. The van der Waals surface area contributed by atoms with Crippen molar-refractivity contribution < 1.29 is 9.53 Å². The Morgan fingerprint density at radius 2 is 1.73 bits per heavy atom. The maximum atomic E-state index is 12.8. The number of carbonyl (C=O) groups is 1. The largest absolute Gasteiger partial charge is 0.497 e. The van der Waals surface area contributed by atoms with Crippen LogP contribution in [0.1, 0.15) is 16.2 Å². The van der Waals surface area contributed by atoms with Gasteiger partial charge in [0.05, 0.1) is 12.8 Å². The molecular weight excluding hydrogens is 400 g/mol. The lowest BCUT2D eigenvalue weighted by Crippen LogP contribution is -2.14. The van der Waals surface area contributed by atoms with Crippen molar-refractivity contribution in [2.45, 2.75) is 6.92 Å². The number of nitrogens with zero attached hydrogens (tertiary/aromatic N) is 3. The van der Waals surface area contributed by atoms with Crippen LogP contribution in [0.3, 0.4) is 0 Å². The van der Waals surface area contributed by atoms with Crippen LogP contribution in [0.25, 0.3) is 17.1 Å². The first kappa shape index (κ1) is 19.7. The molecule has 0 fully saturated rings. The minimum absolute atomic E-state index is 0.0593. The molecule has 3 aromatic carbocycles. The van der Waals surface area contributed by atoms with Crippen LogP contribution in [0.5, 0.6) is 5.75 Å². The zero-order valence-corrected chi connectivity index (χ0v) is 17.2. The fraction of sp³-hybridized carbons (Fsp3) is 0.0870. The molecular formula is C23H19ClN4O2. The molecule has 0 unspecified atom stereocenters. The van der Waals surface area contributed by atoms with Gasteiger partial charge in [0.25, 0.3) is 5.91 Å². The molecule has 0 aliphatic rings. The van der Waals surface area contributed by atoms with Crippen LogP contribution in [0, 0.1) is 6.92 Å². The van der Waals surface area contributed by atoms with Crippen molar-refractivity contribution in [2.75, 3.05) is 12.4 Å². The smallest absolute Gasteiger partial charge is 0.295 e. The van der Waals surface area contributed by atoms with E-state index in [2.05, 4.69) is 15.4 Å². The van der Waals surface area contributed by atoms with E-state index in [1.807, 2.05) is 55.5 Å². The third-order valence-electron chi connectivity index (χ3n) is 4.66. The van der Waals surface area contributed by atoms with Crippen molar-refractivity contribution in [3.63, 3.8) is 0 Å². The number of nitrogens with one attached hydrogen (secondary N) is 1. The maximum absolute atomic E-state index is 12.8. The Hall–Kier alpha value is -3.64. The minimum Gasteiger partial charge on any atom is -0.497 e. The van der Waals surface area contributed by atoms with Crippen molar-refractivity contribution in [3.05, 3.63) is 89.2 Å². The molecule has 1 N–H and O–H groups in total. The van der Waals surface area contributed by atoms with Crippen LogP contribution >= 0.6 is 11.6 Å². The van der Waals surface area contributed by atoms with Crippen molar-refractivity contribution in [3.8, 4) is 22.8 Å². The zero-order valence-electron chi connectivity index (χ0n) is 16.5. The van der Waals surface area contributed by atoms with Gasteiger partial charge in [-0.1, -0.05) is 48.0 Å². The predicted molar refractivity (Wildman–Crippen MR) is 117 cm³/mol. The zero-order chi connectivity index (χ0) is 21.1. The Bertz CT molecular complexity index is 1190. The standard InChI is InChI=1S/C23H19ClN4O2/c1-15-19(24)9-6-10-20(15)28-22(16-7-4-3-5-8-16)26-21(27-28)23(29)25-17-11-13-18(30-2)14-12-17/h3-14H,1-2H3,(H,25,29). The predicted octanol–water partition coefficient (Wildman–Crippen LogP) is 5.16. The number of halogens is 1. The molecule has 0 saturated carbocycles. The number of anilines is 1. The quantitative estimate of drug-likeness (QED) is 0.486. The SMILES string of the molecule is COc1ccc(NC(=O)c2nc(-c3ccccc3)n(-c3cccc(Cl)c3C)n2)cc1. The van der Waals surface area contributed by atoms with E-state index in [1.165, 1.54) is 0 Å². The first-order valence-electron chi connectivity index (χ1n) is 9.30. The van der Waals surface area contributed by atoms with Crippen LogP contribution in [0.2, 0.25) is 5.02 Å². The van der Waals surface area contributed by atoms with Crippen LogP contribution in [-0.2, 0) is 0 Å². The van der Waals surface area contributed by atoms with Gasteiger partial charge < -0.3 is 10.1 Å². The number of carbonyl (C=O) groups excluding carboxylic acids is 1. The molecule has 7 heteroatoms. The first-order valence-corrected chi connectivity index (χ1v) is 9.68. The number of hydrogen-bond acceptors (Lipinski definition) is 4. The lowest BCUT2D eigenvalue weighted by molar-refractivity contribution is 0.101. The highest BCUT2D eigenvalue weighted by molar-refractivity contribution is 6.31. The second-order valence-corrected chi connectivity index (χ2v) is 7.01. The van der Waals surface area contributed by atoms with Gasteiger partial charge in [-0.15, -0.1) is 5.10 Å². The highest BCUT2D eigenvalue weighted by atomic mass is 35.5. The van der Waals surface area contributed by atoms with Gasteiger partial charge in [0.2, 0.25) is 5.82 Å². The highest BCUT2D eigenvalue weighted by Gasteiger charge is 2.20. The lowest BCUT2D eigenvalue weighted by atomic mass is 10.2. The molecule has 4 aromatic rings. The molecule has 0 aliphatic heterocycles. The summed E-state index contributed by atoms with van der Waals surface area (Å²) in [5.74, 6) is 0.916. The third-order valence-corrected chi connectivity index (χ3v) is 5.07. The molecule has 30 heavy (non-hydrogen) atoms. The molecule has 0 radical (unpaired) electrons. The summed E-state index contributed by atoms with van der Waals surface area (Å²) >= 11 is 6.31. The van der Waals surface area contributed by atoms with Gasteiger partial charge in [-0.25, -0.2) is 9.67 Å². The molecule has 0 bridgehead atoms. The summed E-state index contributed by atoms with van der Waals surface area (Å²) in [4.78, 5) is 17.4. The molecule has 0 aliphatic carbocycles. The number of rotatable bonds is 5. The molecule has 1 amide bonds. The van der Waals surface area contributed by atoms with Gasteiger partial charge in [-0.05, 0) is 48.9 Å². The summed E-state index contributed by atoms with van der Waals surface area (Å²) in [6.45, 7) is 1.91. The Morgan fingerprint density at radius 3 is 2.43 bits per heavy atom. The van der Waals surface area contributed by atoms with Crippen LogP contribution in [-0.4, -0.2) is 27.8 Å². The van der Waals surface area contributed by atoms with E-state index in [4.69, 9.17) is 16.3 Å². The first-order chi connectivity index (χ1) is 14.6. The Kier molecular flexibility index (Phi) is 5.50. The second-order valence-electron chi connectivity index (χ2n) is 6.60. The topological polar surface area (TPSA) is 69.0 Å². The van der Waals surface area contributed by atoms with Crippen LogP contribution in [0.15, 0.2) is 72.8 Å². The van der Waals surface area contributed by atoms with Gasteiger partial charge in [0, 0.05) is 16.3 Å². The molecule has 0 spiro atoms. The maximum Gasteiger partial charge on any atom is 0.295 e. The van der Waals surface area contributed by atoms with Gasteiger partial charge in [-0.2, -0.15) is 0 Å². The average Bonchev–Trinajstić information content (AvgIpc) is 3.22. The summed E-state index contributed by atoms with van der Waals surface area (Å²) in [7, 11) is 1.59. The van der Waals surface area contributed by atoms with Crippen LogP contribution < -0.4 is 10.1 Å². The molecule has 0 atom stereocenters. The molecule has 4 rings (SSSR count). The molecule has 1 aromatic heterocycles. The summed E-state index contributed by atoms with van der Waals surface area (Å²) in [6.07, 6.45) is 0. The fourth-order valence-corrected chi connectivity index (χ4v) is 3.21. The van der Waals surface area contributed by atoms with Gasteiger partial charge >= 0.3 is 0 Å². The van der Waals surface area contributed by atoms with E-state index in [1.54, 1.807) is 36.1 Å².